The molecule has 0 bridgehead atoms. The quantitative estimate of drug-likeness (QED) is 0.929. The van der Waals surface area contributed by atoms with Gasteiger partial charge in [-0.25, -0.2) is 0 Å². The lowest BCUT2D eigenvalue weighted by molar-refractivity contribution is 0.0950. The van der Waals surface area contributed by atoms with E-state index >= 15 is 0 Å². The van der Waals surface area contributed by atoms with Crippen LogP contribution in [-0.4, -0.2) is 20.7 Å². The van der Waals surface area contributed by atoms with E-state index in [4.69, 9.17) is 0 Å². The van der Waals surface area contributed by atoms with E-state index in [9.17, 15) is 4.79 Å². The first-order valence-corrected chi connectivity index (χ1v) is 6.72. The molecule has 2 aromatic rings. The first-order valence-electron chi connectivity index (χ1n) is 6.72. The average Bonchev–Trinajstić information content (AvgIpc) is 2.84. The smallest absolute Gasteiger partial charge is 0.254 e. The summed E-state index contributed by atoms with van der Waals surface area (Å²) in [7, 11) is 0. The van der Waals surface area contributed by atoms with Gasteiger partial charge in [0.05, 0.1) is 11.8 Å². The summed E-state index contributed by atoms with van der Waals surface area (Å²) >= 11 is 0. The van der Waals surface area contributed by atoms with E-state index < -0.39 is 0 Å². The summed E-state index contributed by atoms with van der Waals surface area (Å²) in [6, 6.07) is 4.21. The van der Waals surface area contributed by atoms with Crippen molar-refractivity contribution >= 4 is 5.91 Å². The molecule has 1 amide bonds. The van der Waals surface area contributed by atoms with E-state index in [0.717, 1.165) is 17.0 Å². The molecule has 1 N–H and O–H groups in total. The number of carbonyl (C=O) groups is 1. The van der Waals surface area contributed by atoms with Crippen LogP contribution >= 0.6 is 0 Å². The maximum Gasteiger partial charge on any atom is 0.254 e. The third kappa shape index (κ3) is 3.44. The lowest BCUT2D eigenvalue weighted by Crippen LogP contribution is -2.22. The van der Waals surface area contributed by atoms with E-state index in [2.05, 4.69) is 15.4 Å². The fraction of sp³-hybridized carbons (Fsp3) is 0.400. The van der Waals surface area contributed by atoms with Crippen molar-refractivity contribution in [3.63, 3.8) is 0 Å². The third-order valence-corrected chi connectivity index (χ3v) is 2.99. The molecule has 2 heterocycles. The Morgan fingerprint density at radius 2 is 1.95 bits per heavy atom. The molecule has 0 aliphatic carbocycles. The van der Waals surface area contributed by atoms with Gasteiger partial charge in [0.15, 0.2) is 0 Å². The largest absolute Gasteiger partial charge is 0.348 e. The van der Waals surface area contributed by atoms with Crippen LogP contribution in [0.15, 0.2) is 24.5 Å². The van der Waals surface area contributed by atoms with Crippen LogP contribution in [0, 0.1) is 13.8 Å². The summed E-state index contributed by atoms with van der Waals surface area (Å²) in [5, 5.41) is 7.07. The number of pyridine rings is 1. The van der Waals surface area contributed by atoms with Gasteiger partial charge in [-0.2, -0.15) is 5.10 Å². The molecule has 0 atom stereocenters. The van der Waals surface area contributed by atoms with Crippen molar-refractivity contribution in [3.05, 3.63) is 47.0 Å². The highest BCUT2D eigenvalue weighted by atomic mass is 16.1. The topological polar surface area (TPSA) is 59.8 Å². The minimum atomic E-state index is -0.107. The van der Waals surface area contributed by atoms with Crippen LogP contribution < -0.4 is 5.32 Å². The van der Waals surface area contributed by atoms with Crippen LogP contribution in [0.4, 0.5) is 0 Å². The van der Waals surface area contributed by atoms with Crippen molar-refractivity contribution < 1.29 is 4.79 Å². The Balaban J connectivity index is 2.00. The predicted octanol–water partition coefficient (Wildman–Crippen LogP) is 2.41. The van der Waals surface area contributed by atoms with Crippen molar-refractivity contribution in [1.82, 2.24) is 20.1 Å². The highest BCUT2D eigenvalue weighted by Crippen LogP contribution is 2.07. The molecule has 0 saturated heterocycles. The molecule has 0 aliphatic rings. The number of hydrogen-bond donors (Lipinski definition) is 1. The molecule has 2 rings (SSSR count). The lowest BCUT2D eigenvalue weighted by Gasteiger charge is -2.06. The monoisotopic (exact) mass is 272 g/mol. The number of aryl methyl sites for hydroxylation is 2. The highest BCUT2D eigenvalue weighted by Gasteiger charge is 2.09. The molecule has 0 fully saturated rings. The summed E-state index contributed by atoms with van der Waals surface area (Å²) in [5.74, 6) is -0.107. The number of nitrogens with zero attached hydrogens (tertiary/aromatic N) is 3. The molecule has 20 heavy (non-hydrogen) atoms. The van der Waals surface area contributed by atoms with E-state index in [1.54, 1.807) is 17.1 Å². The Hall–Kier alpha value is -2.17. The van der Waals surface area contributed by atoms with Crippen LogP contribution in [0.3, 0.4) is 0 Å². The van der Waals surface area contributed by atoms with Gasteiger partial charge < -0.3 is 5.32 Å². The maximum atomic E-state index is 12.0. The fourth-order valence-electron chi connectivity index (χ4n) is 2.05. The SMILES string of the molecule is Cc1cc(CNC(=O)c2cnn(C(C)C)c2)cc(C)n1. The van der Waals surface area contributed by atoms with Crippen LogP contribution in [-0.2, 0) is 6.54 Å². The summed E-state index contributed by atoms with van der Waals surface area (Å²) in [5.41, 5.74) is 3.56. The standard InChI is InChI=1S/C15H20N4O/c1-10(2)19-9-14(8-17-19)15(20)16-7-13-5-11(3)18-12(4)6-13/h5-6,8-10H,7H2,1-4H3,(H,16,20). The first kappa shape index (κ1) is 14.2. The average molecular weight is 272 g/mol. The van der Waals surface area contributed by atoms with Crippen molar-refractivity contribution in [2.45, 2.75) is 40.3 Å². The van der Waals surface area contributed by atoms with Gasteiger partial charge in [-0.15, -0.1) is 0 Å². The van der Waals surface area contributed by atoms with E-state index in [1.165, 1.54) is 0 Å². The number of amides is 1. The van der Waals surface area contributed by atoms with Gasteiger partial charge in [-0.05, 0) is 45.4 Å². The van der Waals surface area contributed by atoms with Crippen LogP contribution in [0.25, 0.3) is 0 Å². The molecular formula is C15H20N4O. The summed E-state index contributed by atoms with van der Waals surface area (Å²) in [6.07, 6.45) is 3.36. The molecule has 106 valence electrons. The van der Waals surface area contributed by atoms with Gasteiger partial charge in [-0.1, -0.05) is 0 Å². The molecule has 0 aliphatic heterocycles. The molecule has 0 aromatic carbocycles. The zero-order chi connectivity index (χ0) is 14.7. The minimum Gasteiger partial charge on any atom is -0.348 e. The zero-order valence-corrected chi connectivity index (χ0v) is 12.3. The summed E-state index contributed by atoms with van der Waals surface area (Å²) < 4.78 is 1.77. The van der Waals surface area contributed by atoms with Crippen molar-refractivity contribution in [3.8, 4) is 0 Å². The van der Waals surface area contributed by atoms with Crippen molar-refractivity contribution in [2.24, 2.45) is 0 Å². The van der Waals surface area contributed by atoms with Crippen LogP contribution in [0.5, 0.6) is 0 Å². The van der Waals surface area contributed by atoms with Gasteiger partial charge >= 0.3 is 0 Å². The summed E-state index contributed by atoms with van der Waals surface area (Å²) in [4.78, 5) is 16.4. The van der Waals surface area contributed by atoms with Gasteiger partial charge in [0.25, 0.3) is 5.91 Å². The molecule has 0 saturated carbocycles. The number of hydrogen-bond acceptors (Lipinski definition) is 3. The van der Waals surface area contributed by atoms with E-state index in [1.807, 2.05) is 39.8 Å². The second kappa shape index (κ2) is 5.86. The number of carbonyl (C=O) groups excluding carboxylic acids is 1. The second-order valence-electron chi connectivity index (χ2n) is 5.24. The molecular weight excluding hydrogens is 252 g/mol. The third-order valence-electron chi connectivity index (χ3n) is 2.99. The normalized spacial score (nSPS) is 10.8. The molecule has 0 radical (unpaired) electrons. The Bertz CT molecular complexity index is 596. The zero-order valence-electron chi connectivity index (χ0n) is 12.3. The second-order valence-corrected chi connectivity index (χ2v) is 5.24. The first-order chi connectivity index (χ1) is 9.45. The van der Waals surface area contributed by atoms with E-state index in [-0.39, 0.29) is 11.9 Å². The Labute approximate surface area is 119 Å². The summed E-state index contributed by atoms with van der Waals surface area (Å²) in [6.45, 7) is 8.44. The molecule has 2 aromatic heterocycles. The number of nitrogens with one attached hydrogen (secondary N) is 1. The Morgan fingerprint density at radius 3 is 2.50 bits per heavy atom. The van der Waals surface area contributed by atoms with Gasteiger partial charge in [0, 0.05) is 30.2 Å². The van der Waals surface area contributed by atoms with Gasteiger partial charge in [0.2, 0.25) is 0 Å². The van der Waals surface area contributed by atoms with Gasteiger partial charge in [0.1, 0.15) is 0 Å². The van der Waals surface area contributed by atoms with E-state index in [0.29, 0.717) is 12.1 Å². The minimum absolute atomic E-state index is 0.107. The molecule has 5 heteroatoms. The molecule has 0 spiro atoms. The fourth-order valence-corrected chi connectivity index (χ4v) is 2.05. The molecule has 0 unspecified atom stereocenters. The van der Waals surface area contributed by atoms with Crippen molar-refractivity contribution in [1.29, 1.82) is 0 Å². The number of rotatable bonds is 4. The van der Waals surface area contributed by atoms with Crippen LogP contribution in [0.1, 0.15) is 47.2 Å². The number of aromatic nitrogens is 3. The van der Waals surface area contributed by atoms with Crippen LogP contribution in [0.2, 0.25) is 0 Å². The Morgan fingerprint density at radius 1 is 1.30 bits per heavy atom. The van der Waals surface area contributed by atoms with Gasteiger partial charge in [-0.3, -0.25) is 14.5 Å². The Kier molecular flexibility index (Phi) is 4.17. The maximum absolute atomic E-state index is 12.0. The lowest BCUT2D eigenvalue weighted by atomic mass is 10.2. The molecule has 5 nitrogen and oxygen atoms in total. The predicted molar refractivity (Wildman–Crippen MR) is 77.5 cm³/mol. The highest BCUT2D eigenvalue weighted by molar-refractivity contribution is 5.93. The van der Waals surface area contributed by atoms with Crippen molar-refractivity contribution in [2.75, 3.05) is 0 Å².